The molecule has 0 unspecified atom stereocenters. The van der Waals surface area contributed by atoms with Crippen molar-refractivity contribution in [1.29, 1.82) is 0 Å². The molecule has 5 heterocycles. The number of ether oxygens (including phenoxy) is 1. The van der Waals surface area contributed by atoms with Gasteiger partial charge in [0, 0.05) is 62.3 Å². The number of anilines is 1. The minimum atomic E-state index is -3.47. The molecule has 1 amide bonds. The highest BCUT2D eigenvalue weighted by atomic mass is 32.2. The molecule has 13 heteroatoms. The molecule has 49 heavy (non-hydrogen) atoms. The van der Waals surface area contributed by atoms with Gasteiger partial charge in [-0.2, -0.15) is 4.31 Å². The second kappa shape index (κ2) is 13.2. The molecule has 0 aliphatic carbocycles. The van der Waals surface area contributed by atoms with E-state index in [9.17, 15) is 17.6 Å². The number of halogens is 1. The molecular formula is C36H46FN7O4S. The molecule has 4 fully saturated rings. The molecule has 4 saturated heterocycles. The number of benzene rings is 2. The first-order chi connectivity index (χ1) is 23.4. The summed E-state index contributed by atoms with van der Waals surface area (Å²) in [7, 11) is -3.47. The number of hydrogen-bond donors (Lipinski definition) is 1. The Morgan fingerprint density at radius 2 is 1.78 bits per heavy atom. The SMILES string of the molecule is CC(C)N(C(=O)c1cc(F)ccc1Oc1cncnc1N1CC2(CCN(Cc3ccc(S(=O)(=O)N4C[C@@H]5C[C@H]4CN5)cc3)CC2)C1)C(C)C. The van der Waals surface area contributed by atoms with Crippen LogP contribution < -0.4 is 15.0 Å². The van der Waals surface area contributed by atoms with Crippen LogP contribution in [0.1, 0.15) is 62.9 Å². The summed E-state index contributed by atoms with van der Waals surface area (Å²) >= 11 is 0. The van der Waals surface area contributed by atoms with Gasteiger partial charge in [-0.1, -0.05) is 12.1 Å². The molecule has 262 valence electrons. The Kier molecular flexibility index (Phi) is 9.14. The van der Waals surface area contributed by atoms with Gasteiger partial charge < -0.3 is 19.9 Å². The summed E-state index contributed by atoms with van der Waals surface area (Å²) in [6.45, 7) is 13.4. The van der Waals surface area contributed by atoms with E-state index in [0.29, 0.717) is 23.0 Å². The molecule has 11 nitrogen and oxygen atoms in total. The zero-order chi connectivity index (χ0) is 34.5. The predicted octanol–water partition coefficient (Wildman–Crippen LogP) is 4.50. The summed E-state index contributed by atoms with van der Waals surface area (Å²) in [5.74, 6) is 0.554. The number of nitrogens with zero attached hydrogens (tertiary/aromatic N) is 6. The number of aromatic nitrogens is 2. The number of amides is 1. The monoisotopic (exact) mass is 691 g/mol. The Morgan fingerprint density at radius 3 is 2.41 bits per heavy atom. The number of hydrogen-bond acceptors (Lipinski definition) is 9. The number of fused-ring (bicyclic) bond motifs is 2. The zero-order valence-electron chi connectivity index (χ0n) is 28.7. The van der Waals surface area contributed by atoms with E-state index in [1.165, 1.54) is 24.5 Å². The van der Waals surface area contributed by atoms with Gasteiger partial charge in [0.25, 0.3) is 5.91 Å². The summed E-state index contributed by atoms with van der Waals surface area (Å²) in [4.78, 5) is 29.0. The molecule has 1 N–H and O–H groups in total. The number of sulfonamides is 1. The third kappa shape index (κ3) is 6.65. The second-order valence-electron chi connectivity index (χ2n) is 14.7. The lowest BCUT2D eigenvalue weighted by Gasteiger charge is -2.54. The highest BCUT2D eigenvalue weighted by Gasteiger charge is 2.46. The standard InChI is InChI=1S/C36H46FN7O4S/c1-24(2)44(25(3)4)35(45)31-15-27(37)7-10-32(31)48-33-18-38-23-40-34(33)42-21-36(22-42)11-13-41(14-12-36)19-26-5-8-30(9-6-26)49(46,47)43-20-28-16-29(43)17-39-28/h5-10,15,18,23-25,28-29,39H,11-14,16-17,19-22H2,1-4H3/t28-,29-/m0/s1. The van der Waals surface area contributed by atoms with Crippen molar-refractivity contribution in [2.24, 2.45) is 5.41 Å². The van der Waals surface area contributed by atoms with Crippen LogP contribution in [0.3, 0.4) is 0 Å². The maximum absolute atomic E-state index is 14.4. The lowest BCUT2D eigenvalue weighted by atomic mass is 9.72. The number of carbonyl (C=O) groups is 1. The van der Waals surface area contributed by atoms with Crippen LogP contribution in [0.25, 0.3) is 0 Å². The summed E-state index contributed by atoms with van der Waals surface area (Å²) < 4.78 is 48.8. The summed E-state index contributed by atoms with van der Waals surface area (Å²) in [6, 6.07) is 11.6. The number of nitrogens with one attached hydrogen (secondary N) is 1. The minimum Gasteiger partial charge on any atom is -0.451 e. The van der Waals surface area contributed by atoms with Crippen LogP contribution in [0.2, 0.25) is 0 Å². The van der Waals surface area contributed by atoms with E-state index in [2.05, 4.69) is 25.1 Å². The van der Waals surface area contributed by atoms with Crippen LogP contribution in [-0.2, 0) is 16.6 Å². The maximum atomic E-state index is 14.4. The third-order valence-corrected chi connectivity index (χ3v) is 12.5. The molecular weight excluding hydrogens is 646 g/mol. The van der Waals surface area contributed by atoms with Crippen molar-refractivity contribution in [2.45, 2.75) is 82.6 Å². The fourth-order valence-electron chi connectivity index (χ4n) is 8.09. The molecule has 4 aliphatic heterocycles. The normalized spacial score (nSPS) is 22.2. The molecule has 4 aliphatic rings. The van der Waals surface area contributed by atoms with Gasteiger partial charge in [-0.25, -0.2) is 22.8 Å². The van der Waals surface area contributed by atoms with E-state index in [1.54, 1.807) is 27.5 Å². The van der Waals surface area contributed by atoms with Crippen LogP contribution in [0.4, 0.5) is 10.2 Å². The van der Waals surface area contributed by atoms with Crippen molar-refractivity contribution < 1.29 is 22.3 Å². The van der Waals surface area contributed by atoms with Gasteiger partial charge in [-0.15, -0.1) is 0 Å². The highest BCUT2D eigenvalue weighted by Crippen LogP contribution is 2.45. The number of likely N-dealkylation sites (tertiary alicyclic amines) is 1. The van der Waals surface area contributed by atoms with Gasteiger partial charge in [-0.3, -0.25) is 9.69 Å². The molecule has 3 aromatic rings. The quantitative estimate of drug-likeness (QED) is 0.329. The molecule has 1 spiro atoms. The van der Waals surface area contributed by atoms with Gasteiger partial charge in [-0.05, 0) is 95.9 Å². The Labute approximate surface area is 288 Å². The number of piperazine rings is 1. The van der Waals surface area contributed by atoms with Crippen molar-refractivity contribution in [3.05, 3.63) is 71.9 Å². The molecule has 2 atom stereocenters. The van der Waals surface area contributed by atoms with Crippen LogP contribution >= 0.6 is 0 Å². The van der Waals surface area contributed by atoms with Gasteiger partial charge >= 0.3 is 0 Å². The Hall–Kier alpha value is -3.65. The molecule has 1 aromatic heterocycles. The predicted molar refractivity (Wildman–Crippen MR) is 185 cm³/mol. The van der Waals surface area contributed by atoms with E-state index in [1.807, 2.05) is 39.8 Å². The number of carbonyl (C=O) groups excluding carboxylic acids is 1. The summed E-state index contributed by atoms with van der Waals surface area (Å²) in [5, 5.41) is 3.37. The Balaban J connectivity index is 0.962. The molecule has 0 radical (unpaired) electrons. The van der Waals surface area contributed by atoms with Gasteiger partial charge in [0.15, 0.2) is 11.6 Å². The van der Waals surface area contributed by atoms with Gasteiger partial charge in [0.1, 0.15) is 17.9 Å². The van der Waals surface area contributed by atoms with E-state index in [-0.39, 0.29) is 46.8 Å². The van der Waals surface area contributed by atoms with Crippen LogP contribution in [0.15, 0.2) is 59.9 Å². The first kappa shape index (κ1) is 33.8. The summed E-state index contributed by atoms with van der Waals surface area (Å²) in [5.41, 5.74) is 1.45. The number of rotatable bonds is 10. The molecule has 7 rings (SSSR count). The van der Waals surface area contributed by atoms with E-state index in [4.69, 9.17) is 4.74 Å². The van der Waals surface area contributed by atoms with Crippen LogP contribution in [0, 0.1) is 11.2 Å². The van der Waals surface area contributed by atoms with Crippen LogP contribution in [0.5, 0.6) is 11.5 Å². The first-order valence-electron chi connectivity index (χ1n) is 17.3. The molecule has 2 bridgehead atoms. The first-order valence-corrected chi connectivity index (χ1v) is 18.8. The lowest BCUT2D eigenvalue weighted by molar-refractivity contribution is 0.0640. The Morgan fingerprint density at radius 1 is 1.06 bits per heavy atom. The summed E-state index contributed by atoms with van der Waals surface area (Å²) in [6.07, 6.45) is 6.07. The van der Waals surface area contributed by atoms with Crippen molar-refractivity contribution in [1.82, 2.24) is 29.4 Å². The number of piperidine rings is 1. The van der Waals surface area contributed by atoms with E-state index >= 15 is 0 Å². The average Bonchev–Trinajstić information content (AvgIpc) is 3.70. The van der Waals surface area contributed by atoms with Gasteiger partial charge in [0.05, 0.1) is 16.7 Å². The second-order valence-corrected chi connectivity index (χ2v) is 16.6. The van der Waals surface area contributed by atoms with Crippen molar-refractivity contribution >= 4 is 21.7 Å². The molecule has 0 saturated carbocycles. The van der Waals surface area contributed by atoms with Crippen molar-refractivity contribution in [2.75, 3.05) is 44.2 Å². The maximum Gasteiger partial charge on any atom is 0.258 e. The minimum absolute atomic E-state index is 0.0650. The van der Waals surface area contributed by atoms with Crippen molar-refractivity contribution in [3.63, 3.8) is 0 Å². The smallest absolute Gasteiger partial charge is 0.258 e. The fraction of sp³-hybridized carbons (Fsp3) is 0.528. The zero-order valence-corrected chi connectivity index (χ0v) is 29.5. The highest BCUT2D eigenvalue weighted by molar-refractivity contribution is 7.89. The lowest BCUT2D eigenvalue weighted by Crippen LogP contribution is -2.60. The van der Waals surface area contributed by atoms with E-state index in [0.717, 1.165) is 64.1 Å². The van der Waals surface area contributed by atoms with Crippen molar-refractivity contribution in [3.8, 4) is 11.5 Å². The molecule has 2 aromatic carbocycles. The van der Waals surface area contributed by atoms with Crippen LogP contribution in [-0.4, -0.2) is 102 Å². The van der Waals surface area contributed by atoms with Gasteiger partial charge in [0.2, 0.25) is 10.0 Å². The third-order valence-electron chi connectivity index (χ3n) is 10.6. The van der Waals surface area contributed by atoms with E-state index < -0.39 is 15.8 Å². The topological polar surface area (TPSA) is 111 Å². The Bertz CT molecular complexity index is 1780. The largest absolute Gasteiger partial charge is 0.451 e. The average molecular weight is 692 g/mol. The fourth-order valence-corrected chi connectivity index (χ4v) is 9.77.